The molecule has 2 aromatic carbocycles. The van der Waals surface area contributed by atoms with Crippen molar-refractivity contribution < 1.29 is 21.6 Å². The maximum absolute atomic E-state index is 13.1. The summed E-state index contributed by atoms with van der Waals surface area (Å²) in [6.45, 7) is 2.14. The molecule has 0 bridgehead atoms. The van der Waals surface area contributed by atoms with E-state index in [2.05, 4.69) is 10.3 Å². The highest BCUT2D eigenvalue weighted by molar-refractivity contribution is 7.93. The number of thiazole rings is 1. The van der Waals surface area contributed by atoms with Crippen molar-refractivity contribution in [2.24, 2.45) is 5.92 Å². The SMILES string of the molecule is Cc1cc(Cl)cc2sc(NC(=O)C3CCN(S(=O)(=O)c4ccccc4S(C)(=O)=O)CC3)nc12. The van der Waals surface area contributed by atoms with Crippen molar-refractivity contribution in [2.75, 3.05) is 24.7 Å². The van der Waals surface area contributed by atoms with E-state index in [0.717, 1.165) is 22.0 Å². The molecule has 0 radical (unpaired) electrons. The van der Waals surface area contributed by atoms with Crippen molar-refractivity contribution in [3.63, 3.8) is 0 Å². The molecule has 0 spiro atoms. The number of nitrogens with zero attached hydrogens (tertiary/aromatic N) is 2. The van der Waals surface area contributed by atoms with Crippen LogP contribution in [0.5, 0.6) is 0 Å². The highest BCUT2D eigenvalue weighted by Crippen LogP contribution is 2.32. The normalized spacial score (nSPS) is 16.2. The van der Waals surface area contributed by atoms with Gasteiger partial charge in [0, 0.05) is 30.3 Å². The van der Waals surface area contributed by atoms with Gasteiger partial charge in [-0.15, -0.1) is 0 Å². The Labute approximate surface area is 201 Å². The van der Waals surface area contributed by atoms with Gasteiger partial charge in [0.15, 0.2) is 15.0 Å². The minimum atomic E-state index is -4.01. The van der Waals surface area contributed by atoms with Gasteiger partial charge in [-0.2, -0.15) is 4.31 Å². The van der Waals surface area contributed by atoms with Crippen LogP contribution >= 0.6 is 22.9 Å². The third-order valence-corrected chi connectivity index (χ3v) is 9.95. The van der Waals surface area contributed by atoms with Crippen molar-refractivity contribution in [3.8, 4) is 0 Å². The number of benzene rings is 2. The van der Waals surface area contributed by atoms with Crippen LogP contribution in [0.4, 0.5) is 5.13 Å². The number of carbonyl (C=O) groups is 1. The van der Waals surface area contributed by atoms with Crippen molar-refractivity contribution in [3.05, 3.63) is 47.0 Å². The first-order valence-corrected chi connectivity index (χ1v) is 14.7. The number of nitrogens with one attached hydrogen (secondary N) is 1. The largest absolute Gasteiger partial charge is 0.302 e. The third-order valence-electron chi connectivity index (χ3n) is 5.57. The van der Waals surface area contributed by atoms with Gasteiger partial charge in [0.2, 0.25) is 15.9 Å². The summed E-state index contributed by atoms with van der Waals surface area (Å²) in [6.07, 6.45) is 1.62. The molecule has 33 heavy (non-hydrogen) atoms. The van der Waals surface area contributed by atoms with E-state index in [-0.39, 0.29) is 34.7 Å². The van der Waals surface area contributed by atoms with Gasteiger partial charge in [-0.1, -0.05) is 35.1 Å². The molecule has 1 saturated heterocycles. The summed E-state index contributed by atoms with van der Waals surface area (Å²) >= 11 is 7.43. The Balaban J connectivity index is 1.46. The fourth-order valence-corrected chi connectivity index (χ4v) is 8.28. The van der Waals surface area contributed by atoms with Gasteiger partial charge >= 0.3 is 0 Å². The van der Waals surface area contributed by atoms with Crippen molar-refractivity contribution in [1.82, 2.24) is 9.29 Å². The van der Waals surface area contributed by atoms with Crippen LogP contribution in [0.25, 0.3) is 10.2 Å². The summed E-state index contributed by atoms with van der Waals surface area (Å²) in [6, 6.07) is 9.18. The molecule has 176 valence electrons. The first-order chi connectivity index (χ1) is 15.5. The number of rotatable bonds is 5. The maximum Gasteiger partial charge on any atom is 0.244 e. The monoisotopic (exact) mass is 527 g/mol. The standard InChI is InChI=1S/C21H22ClN3O5S3/c1-13-11-15(22)12-16-19(13)23-21(31-16)24-20(26)14-7-9-25(10-8-14)33(29,30)18-6-4-3-5-17(18)32(2,27)28/h3-6,11-12,14H,7-10H2,1-2H3,(H,23,24,26). The lowest BCUT2D eigenvalue weighted by molar-refractivity contribution is -0.120. The smallest absolute Gasteiger partial charge is 0.244 e. The van der Waals surface area contributed by atoms with E-state index in [1.165, 1.54) is 39.9 Å². The topological polar surface area (TPSA) is 114 Å². The van der Waals surface area contributed by atoms with Gasteiger partial charge in [-0.3, -0.25) is 4.79 Å². The molecule has 0 saturated carbocycles. The Morgan fingerprint density at radius 1 is 1.12 bits per heavy atom. The summed E-state index contributed by atoms with van der Waals surface area (Å²) in [4.78, 5) is 16.8. The highest BCUT2D eigenvalue weighted by Gasteiger charge is 2.34. The lowest BCUT2D eigenvalue weighted by Crippen LogP contribution is -2.41. The highest BCUT2D eigenvalue weighted by atomic mass is 35.5. The zero-order valence-electron chi connectivity index (χ0n) is 17.9. The maximum atomic E-state index is 13.1. The van der Waals surface area contributed by atoms with Crippen molar-refractivity contribution in [2.45, 2.75) is 29.6 Å². The van der Waals surface area contributed by atoms with Crippen LogP contribution in [0.3, 0.4) is 0 Å². The summed E-state index contributed by atoms with van der Waals surface area (Å²) < 4.78 is 52.5. The fraction of sp³-hybridized carbons (Fsp3) is 0.333. The quantitative estimate of drug-likeness (QED) is 0.541. The second-order valence-corrected chi connectivity index (χ2v) is 13.3. The van der Waals surface area contributed by atoms with Gasteiger partial charge in [0.25, 0.3) is 0 Å². The molecule has 4 rings (SSSR count). The molecule has 1 aliphatic rings. The lowest BCUT2D eigenvalue weighted by Gasteiger charge is -2.30. The summed E-state index contributed by atoms with van der Waals surface area (Å²) in [5.41, 5.74) is 1.70. The van der Waals surface area contributed by atoms with Gasteiger partial charge in [0.1, 0.15) is 4.90 Å². The van der Waals surface area contributed by atoms with Crippen molar-refractivity contribution >= 4 is 64.1 Å². The first-order valence-electron chi connectivity index (χ1n) is 10.1. The number of fused-ring (bicyclic) bond motifs is 1. The summed E-state index contributed by atoms with van der Waals surface area (Å²) in [5.74, 6) is -0.593. The number of carbonyl (C=O) groups excluding carboxylic acids is 1. The van der Waals surface area contributed by atoms with Crippen molar-refractivity contribution in [1.29, 1.82) is 0 Å². The van der Waals surface area contributed by atoms with Crippen LogP contribution < -0.4 is 5.32 Å². The Hall–Kier alpha value is -2.05. The zero-order chi connectivity index (χ0) is 24.0. The summed E-state index contributed by atoms with van der Waals surface area (Å²) in [7, 11) is -7.73. The molecule has 1 aromatic heterocycles. The van der Waals surface area contributed by atoms with Gasteiger partial charge < -0.3 is 5.32 Å². The molecule has 2 heterocycles. The molecule has 1 N–H and O–H groups in total. The van der Waals surface area contributed by atoms with E-state index < -0.39 is 19.9 Å². The minimum absolute atomic E-state index is 0.118. The van der Waals surface area contributed by atoms with Crippen LogP contribution in [0.1, 0.15) is 18.4 Å². The molecule has 8 nitrogen and oxygen atoms in total. The van der Waals surface area contributed by atoms with E-state index in [4.69, 9.17) is 11.6 Å². The van der Waals surface area contributed by atoms with E-state index in [9.17, 15) is 21.6 Å². The number of hydrogen-bond donors (Lipinski definition) is 1. The molecule has 1 amide bonds. The lowest BCUT2D eigenvalue weighted by atomic mass is 9.97. The van der Waals surface area contributed by atoms with Crippen LogP contribution in [-0.4, -0.2) is 51.4 Å². The minimum Gasteiger partial charge on any atom is -0.302 e. The predicted octanol–water partition coefficient (Wildman–Crippen LogP) is 3.70. The average molecular weight is 528 g/mol. The number of aromatic nitrogens is 1. The first kappa shape index (κ1) is 24.1. The Bertz CT molecular complexity index is 1440. The second-order valence-electron chi connectivity index (χ2n) is 7.97. The number of anilines is 1. The number of aryl methyl sites for hydroxylation is 1. The van der Waals surface area contributed by atoms with Gasteiger partial charge in [0.05, 0.1) is 15.1 Å². The predicted molar refractivity (Wildman–Crippen MR) is 129 cm³/mol. The molecular formula is C21H22ClN3O5S3. The number of sulfone groups is 1. The van der Waals surface area contributed by atoms with Gasteiger partial charge in [-0.05, 0) is 49.6 Å². The Morgan fingerprint density at radius 3 is 2.39 bits per heavy atom. The zero-order valence-corrected chi connectivity index (χ0v) is 21.1. The van der Waals surface area contributed by atoms with E-state index in [0.29, 0.717) is 23.0 Å². The van der Waals surface area contributed by atoms with Gasteiger partial charge in [-0.25, -0.2) is 21.8 Å². The number of hydrogen-bond acceptors (Lipinski definition) is 7. The number of amides is 1. The number of piperidine rings is 1. The van der Waals surface area contributed by atoms with E-state index in [1.807, 2.05) is 13.0 Å². The average Bonchev–Trinajstić information content (AvgIpc) is 3.16. The molecule has 1 fully saturated rings. The van der Waals surface area contributed by atoms with E-state index in [1.54, 1.807) is 6.07 Å². The Kier molecular flexibility index (Phi) is 6.53. The molecule has 3 aromatic rings. The van der Waals surface area contributed by atoms with Crippen LogP contribution in [0.15, 0.2) is 46.2 Å². The number of halogens is 1. The van der Waals surface area contributed by atoms with Crippen LogP contribution in [-0.2, 0) is 24.7 Å². The fourth-order valence-electron chi connectivity index (χ4n) is 3.88. The molecular weight excluding hydrogens is 506 g/mol. The number of sulfonamides is 1. The molecule has 1 aliphatic heterocycles. The van der Waals surface area contributed by atoms with E-state index >= 15 is 0 Å². The molecule has 12 heteroatoms. The van der Waals surface area contributed by atoms with Crippen LogP contribution in [0.2, 0.25) is 5.02 Å². The second kappa shape index (κ2) is 8.95. The third kappa shape index (κ3) is 4.92. The molecule has 0 aliphatic carbocycles. The molecule has 0 unspecified atom stereocenters. The van der Waals surface area contributed by atoms with Crippen LogP contribution in [0, 0.1) is 12.8 Å². The summed E-state index contributed by atoms with van der Waals surface area (Å²) in [5, 5.41) is 3.91. The molecule has 0 atom stereocenters. The Morgan fingerprint density at radius 2 is 1.76 bits per heavy atom.